The van der Waals surface area contributed by atoms with E-state index >= 15 is 0 Å². The van der Waals surface area contributed by atoms with Crippen LogP contribution in [-0.2, 0) is 0 Å². The third-order valence-corrected chi connectivity index (χ3v) is 2.91. The van der Waals surface area contributed by atoms with Gasteiger partial charge in [-0.3, -0.25) is 0 Å². The van der Waals surface area contributed by atoms with Gasteiger partial charge < -0.3 is 11.1 Å². The highest BCUT2D eigenvalue weighted by atomic mass is 35.5. The van der Waals surface area contributed by atoms with E-state index in [0.29, 0.717) is 10.7 Å². The minimum atomic E-state index is -1.07. The molecule has 0 aromatic heterocycles. The number of benzene rings is 2. The Bertz CT molecular complexity index is 647. The molecule has 0 amide bonds. The molecule has 0 saturated heterocycles. The maximum Gasteiger partial charge on any atom is 0.182 e. The Morgan fingerprint density at radius 2 is 1.89 bits per heavy atom. The van der Waals surface area contributed by atoms with Crippen LogP contribution in [0.2, 0.25) is 5.02 Å². The Labute approximate surface area is 119 Å². The van der Waals surface area contributed by atoms with E-state index in [2.05, 4.69) is 17.5 Å². The van der Waals surface area contributed by atoms with Gasteiger partial charge in [-0.25, -0.2) is 8.78 Å². The monoisotopic (exact) mass is 298 g/mol. The number of hydrogen-bond acceptors (Lipinski definition) is 2. The largest absolute Gasteiger partial charge is 0.389 e. The van der Waals surface area contributed by atoms with Gasteiger partial charge in [0.15, 0.2) is 11.6 Å². The second-order valence-electron chi connectivity index (χ2n) is 3.79. The molecule has 2 aromatic carbocycles. The Morgan fingerprint density at radius 3 is 2.53 bits per heavy atom. The van der Waals surface area contributed by atoms with Crippen LogP contribution in [0, 0.1) is 11.6 Å². The van der Waals surface area contributed by atoms with E-state index in [-0.39, 0.29) is 16.2 Å². The maximum atomic E-state index is 13.8. The number of nitrogens with two attached hydrogens (primary N) is 1. The summed E-state index contributed by atoms with van der Waals surface area (Å²) >= 11 is 10.4. The van der Waals surface area contributed by atoms with Crippen LogP contribution in [0.5, 0.6) is 0 Å². The van der Waals surface area contributed by atoms with E-state index in [0.717, 1.165) is 0 Å². The fraction of sp³-hybridized carbons (Fsp3) is 0. The Hall–Kier alpha value is -1.72. The third kappa shape index (κ3) is 3.00. The molecule has 19 heavy (non-hydrogen) atoms. The lowest BCUT2D eigenvalue weighted by molar-refractivity contribution is 0.510. The highest BCUT2D eigenvalue weighted by molar-refractivity contribution is 7.80. The van der Waals surface area contributed by atoms with E-state index < -0.39 is 11.6 Å². The number of hydrogen-bond donors (Lipinski definition) is 2. The quantitative estimate of drug-likeness (QED) is 0.841. The molecule has 0 unspecified atom stereocenters. The predicted octanol–water partition coefficient (Wildman–Crippen LogP) is 4.00. The summed E-state index contributed by atoms with van der Waals surface area (Å²) in [4.78, 5) is -0.189. The van der Waals surface area contributed by atoms with Gasteiger partial charge in [0.2, 0.25) is 0 Å². The maximum absolute atomic E-state index is 13.8. The molecule has 0 aliphatic rings. The Balaban J connectivity index is 2.37. The zero-order valence-electron chi connectivity index (χ0n) is 9.58. The minimum Gasteiger partial charge on any atom is -0.389 e. The van der Waals surface area contributed by atoms with Gasteiger partial charge in [-0.2, -0.15) is 0 Å². The summed E-state index contributed by atoms with van der Waals surface area (Å²) in [6.45, 7) is 0. The van der Waals surface area contributed by atoms with Gasteiger partial charge in [0, 0.05) is 16.3 Å². The molecule has 0 saturated carbocycles. The van der Waals surface area contributed by atoms with Gasteiger partial charge in [0.1, 0.15) is 4.99 Å². The van der Waals surface area contributed by atoms with Crippen LogP contribution in [0.25, 0.3) is 0 Å². The molecule has 2 nitrogen and oxygen atoms in total. The molecule has 0 spiro atoms. The van der Waals surface area contributed by atoms with E-state index in [9.17, 15) is 8.78 Å². The zero-order valence-corrected chi connectivity index (χ0v) is 11.2. The summed E-state index contributed by atoms with van der Waals surface area (Å²) in [7, 11) is 0. The summed E-state index contributed by atoms with van der Waals surface area (Å²) in [6, 6.07) is 9.36. The van der Waals surface area contributed by atoms with Gasteiger partial charge in [-0.05, 0) is 30.3 Å². The van der Waals surface area contributed by atoms with Crippen LogP contribution in [0.1, 0.15) is 5.56 Å². The third-order valence-electron chi connectivity index (χ3n) is 2.45. The van der Waals surface area contributed by atoms with Crippen LogP contribution >= 0.6 is 23.8 Å². The smallest absolute Gasteiger partial charge is 0.182 e. The molecule has 0 heterocycles. The molecule has 0 fully saturated rings. The van der Waals surface area contributed by atoms with Crippen molar-refractivity contribution in [1.82, 2.24) is 0 Å². The first-order valence-corrected chi connectivity index (χ1v) is 6.08. The molecule has 0 atom stereocenters. The van der Waals surface area contributed by atoms with E-state index in [1.807, 2.05) is 0 Å². The van der Waals surface area contributed by atoms with Gasteiger partial charge in [0.25, 0.3) is 0 Å². The summed E-state index contributed by atoms with van der Waals surface area (Å²) in [5, 5.41) is 3.23. The van der Waals surface area contributed by atoms with Gasteiger partial charge in [-0.1, -0.05) is 29.9 Å². The molecular weight excluding hydrogens is 290 g/mol. The topological polar surface area (TPSA) is 38.0 Å². The fourth-order valence-corrected chi connectivity index (χ4v) is 1.91. The first-order chi connectivity index (χ1) is 8.99. The van der Waals surface area contributed by atoms with Gasteiger partial charge >= 0.3 is 0 Å². The van der Waals surface area contributed by atoms with Gasteiger partial charge in [0.05, 0.1) is 5.69 Å². The van der Waals surface area contributed by atoms with Crippen LogP contribution in [0.15, 0.2) is 36.4 Å². The van der Waals surface area contributed by atoms with Crippen LogP contribution in [-0.4, -0.2) is 4.99 Å². The van der Waals surface area contributed by atoms with E-state index in [1.165, 1.54) is 12.1 Å². The van der Waals surface area contributed by atoms with Crippen LogP contribution < -0.4 is 11.1 Å². The fourth-order valence-electron chi connectivity index (χ4n) is 1.56. The lowest BCUT2D eigenvalue weighted by atomic mass is 10.1. The number of thiocarbonyl (C=S) groups is 1. The average Bonchev–Trinajstić information content (AvgIpc) is 2.35. The summed E-state index contributed by atoms with van der Waals surface area (Å²) in [6.07, 6.45) is 0. The van der Waals surface area contributed by atoms with Crippen molar-refractivity contribution in [3.63, 3.8) is 0 Å². The van der Waals surface area contributed by atoms with Crippen molar-refractivity contribution in [1.29, 1.82) is 0 Å². The molecule has 0 aliphatic carbocycles. The van der Waals surface area contributed by atoms with Gasteiger partial charge in [-0.15, -0.1) is 0 Å². The lowest BCUT2D eigenvalue weighted by Gasteiger charge is -2.10. The minimum absolute atomic E-state index is 0.0141. The summed E-state index contributed by atoms with van der Waals surface area (Å²) in [5.74, 6) is -2.11. The molecule has 3 N–H and O–H groups in total. The SMILES string of the molecule is NC(=S)c1ccc(Nc2cccc(Cl)c2)c(F)c1F. The van der Waals surface area contributed by atoms with Crippen molar-refractivity contribution in [2.75, 3.05) is 5.32 Å². The number of anilines is 2. The lowest BCUT2D eigenvalue weighted by Crippen LogP contribution is -2.13. The van der Waals surface area contributed by atoms with Crippen molar-refractivity contribution in [2.45, 2.75) is 0 Å². The molecule has 6 heteroatoms. The Morgan fingerprint density at radius 1 is 1.16 bits per heavy atom. The normalized spacial score (nSPS) is 10.3. The van der Waals surface area contributed by atoms with E-state index in [1.54, 1.807) is 24.3 Å². The summed E-state index contributed by atoms with van der Waals surface area (Å²) in [5.41, 5.74) is 5.71. The molecule has 0 radical (unpaired) electrons. The predicted molar refractivity (Wildman–Crippen MR) is 77.0 cm³/mol. The highest BCUT2D eigenvalue weighted by Gasteiger charge is 2.15. The molecule has 2 rings (SSSR count). The average molecular weight is 299 g/mol. The zero-order chi connectivity index (χ0) is 14.0. The van der Waals surface area contributed by atoms with Crippen LogP contribution in [0.4, 0.5) is 20.2 Å². The molecule has 0 bridgehead atoms. The molecule has 2 aromatic rings. The highest BCUT2D eigenvalue weighted by Crippen LogP contribution is 2.25. The van der Waals surface area contributed by atoms with Crippen molar-refractivity contribution in [3.8, 4) is 0 Å². The second kappa shape index (κ2) is 5.50. The first-order valence-electron chi connectivity index (χ1n) is 5.29. The number of halogens is 3. The molecule has 98 valence electrons. The molecule has 0 aliphatic heterocycles. The second-order valence-corrected chi connectivity index (χ2v) is 4.66. The van der Waals surface area contributed by atoms with Crippen molar-refractivity contribution in [2.24, 2.45) is 5.73 Å². The Kier molecular flexibility index (Phi) is 3.97. The number of nitrogens with one attached hydrogen (secondary N) is 1. The van der Waals surface area contributed by atoms with E-state index in [4.69, 9.17) is 17.3 Å². The van der Waals surface area contributed by atoms with Crippen LogP contribution in [0.3, 0.4) is 0 Å². The first kappa shape index (κ1) is 13.7. The number of rotatable bonds is 3. The van der Waals surface area contributed by atoms with Crippen molar-refractivity contribution in [3.05, 3.63) is 58.6 Å². The standard InChI is InChI=1S/C13H9ClF2N2S/c14-7-2-1-3-8(6-7)18-10-5-4-9(13(17)19)11(15)12(10)16/h1-6,18H,(H2,17,19). The van der Waals surface area contributed by atoms with Crippen molar-refractivity contribution < 1.29 is 8.78 Å². The molecular formula is C13H9ClF2N2S. The van der Waals surface area contributed by atoms with Crippen molar-refractivity contribution >= 4 is 40.2 Å². The summed E-state index contributed by atoms with van der Waals surface area (Å²) < 4.78 is 27.5.